The average molecular weight is 550 g/mol. The Kier molecular flexibility index (Phi) is 9.10. The molecule has 4 heterocycles. The molecule has 4 rings (SSSR count). The molecule has 3 unspecified atom stereocenters. The fraction of sp³-hybridized carbons (Fsp3) is 0.828. The number of nitrogens with zero attached hydrogens (tertiary/aromatic N) is 3. The van der Waals surface area contributed by atoms with Gasteiger partial charge in [-0.2, -0.15) is 0 Å². The second-order valence-corrected chi connectivity index (χ2v) is 11.9. The van der Waals surface area contributed by atoms with Gasteiger partial charge in [0.05, 0.1) is 44.0 Å². The van der Waals surface area contributed by atoms with Crippen LogP contribution in [0.4, 0.5) is 0 Å². The van der Waals surface area contributed by atoms with Gasteiger partial charge in [0, 0.05) is 32.7 Å². The molecule has 0 aliphatic carbocycles. The number of likely N-dealkylation sites (tertiary alicyclic amines) is 1. The number of ether oxygens (including phenoxy) is 3. The van der Waals surface area contributed by atoms with Crippen LogP contribution in [0.25, 0.3) is 0 Å². The number of esters is 1. The number of rotatable bonds is 12. The van der Waals surface area contributed by atoms with Crippen molar-refractivity contribution >= 4 is 17.8 Å². The van der Waals surface area contributed by atoms with E-state index in [9.17, 15) is 19.5 Å². The number of fused-ring (bicyclic) bond motifs is 1. The lowest BCUT2D eigenvalue weighted by Gasteiger charge is -2.41. The first-order valence-corrected chi connectivity index (χ1v) is 14.6. The van der Waals surface area contributed by atoms with E-state index in [-0.39, 0.29) is 36.9 Å². The zero-order valence-electron chi connectivity index (χ0n) is 24.3. The highest BCUT2D eigenvalue weighted by Gasteiger charge is 2.80. The van der Waals surface area contributed by atoms with Gasteiger partial charge in [-0.1, -0.05) is 33.3 Å². The maximum atomic E-state index is 14.6. The fourth-order valence-electron chi connectivity index (χ4n) is 7.43. The smallest absolute Gasteiger partial charge is 0.312 e. The van der Waals surface area contributed by atoms with Crippen molar-refractivity contribution in [3.63, 3.8) is 0 Å². The molecule has 0 radical (unpaired) electrons. The third kappa shape index (κ3) is 4.91. The van der Waals surface area contributed by atoms with Crippen molar-refractivity contribution < 1.29 is 33.7 Å². The van der Waals surface area contributed by atoms with E-state index in [1.807, 2.05) is 27.7 Å². The summed E-state index contributed by atoms with van der Waals surface area (Å²) in [6.07, 6.45) is 2.90. The van der Waals surface area contributed by atoms with Crippen LogP contribution in [0.15, 0.2) is 12.7 Å². The highest BCUT2D eigenvalue weighted by molar-refractivity contribution is 5.98. The van der Waals surface area contributed by atoms with Crippen molar-refractivity contribution in [2.24, 2.45) is 23.7 Å². The molecule has 10 heteroatoms. The normalized spacial score (nSPS) is 35.5. The summed E-state index contributed by atoms with van der Waals surface area (Å²) in [4.78, 5) is 47.9. The number of carbonyl (C=O) groups is 3. The molecule has 10 nitrogen and oxygen atoms in total. The summed E-state index contributed by atoms with van der Waals surface area (Å²) >= 11 is 0. The lowest BCUT2D eigenvalue weighted by Crippen LogP contribution is -2.60. The summed E-state index contributed by atoms with van der Waals surface area (Å²) in [5.74, 6) is -2.75. The van der Waals surface area contributed by atoms with Crippen LogP contribution in [-0.2, 0) is 28.6 Å². The molecule has 4 aliphatic rings. The first-order chi connectivity index (χ1) is 18.6. The topological polar surface area (TPSA) is 109 Å². The van der Waals surface area contributed by atoms with E-state index in [0.717, 1.165) is 19.5 Å². The van der Waals surface area contributed by atoms with Crippen molar-refractivity contribution in [3.05, 3.63) is 12.7 Å². The summed E-state index contributed by atoms with van der Waals surface area (Å²) < 4.78 is 17.7. The molecule has 0 aromatic carbocycles. The maximum Gasteiger partial charge on any atom is 0.312 e. The van der Waals surface area contributed by atoms with Gasteiger partial charge < -0.3 is 29.1 Å². The Morgan fingerprint density at radius 1 is 1.31 bits per heavy atom. The molecule has 4 fully saturated rings. The number of aliphatic hydroxyl groups is 1. The molecule has 4 aliphatic heterocycles. The second kappa shape index (κ2) is 11.8. The lowest BCUT2D eigenvalue weighted by molar-refractivity contribution is -0.164. The standard InChI is InChI=1S/C29H47N3O7/c1-7-10-31(12-11-30-13-15-37-16-14-30)26(35)24-29-17-20(5)28(6,39-29)23(27(36)38-9-3)22(29)25(34)32(24)21(18-33)19(4)8-2/h7,19-24,33H,1,8-18H2,2-6H3/t19-,20?,21-,22-,23-,24?,28+,29?/m0/s1. The Morgan fingerprint density at radius 3 is 2.59 bits per heavy atom. The van der Waals surface area contributed by atoms with Crippen LogP contribution in [-0.4, -0.2) is 120 Å². The monoisotopic (exact) mass is 549 g/mol. The zero-order valence-corrected chi connectivity index (χ0v) is 24.3. The van der Waals surface area contributed by atoms with E-state index >= 15 is 0 Å². The number of hydrogen-bond donors (Lipinski definition) is 1. The Morgan fingerprint density at radius 2 is 2.00 bits per heavy atom. The summed E-state index contributed by atoms with van der Waals surface area (Å²) in [5, 5.41) is 10.5. The van der Waals surface area contributed by atoms with Gasteiger partial charge in [0.25, 0.3) is 0 Å². The number of amides is 2. The summed E-state index contributed by atoms with van der Waals surface area (Å²) in [6.45, 7) is 17.8. The molecule has 0 aromatic heterocycles. The molecule has 0 saturated carbocycles. The Hall–Kier alpha value is -2.01. The van der Waals surface area contributed by atoms with E-state index in [4.69, 9.17) is 14.2 Å². The highest BCUT2D eigenvalue weighted by Crippen LogP contribution is 2.65. The lowest BCUT2D eigenvalue weighted by atomic mass is 9.62. The maximum absolute atomic E-state index is 14.6. The van der Waals surface area contributed by atoms with Crippen molar-refractivity contribution in [2.75, 3.05) is 59.2 Å². The van der Waals surface area contributed by atoms with Crippen LogP contribution in [0.3, 0.4) is 0 Å². The van der Waals surface area contributed by atoms with Gasteiger partial charge in [0.1, 0.15) is 17.6 Å². The molecule has 2 amide bonds. The van der Waals surface area contributed by atoms with Crippen LogP contribution in [0.1, 0.15) is 47.5 Å². The molecule has 39 heavy (non-hydrogen) atoms. The zero-order chi connectivity index (χ0) is 28.5. The van der Waals surface area contributed by atoms with Gasteiger partial charge in [0.2, 0.25) is 11.8 Å². The number of hydrogen-bond acceptors (Lipinski definition) is 8. The molecular weight excluding hydrogens is 502 g/mol. The van der Waals surface area contributed by atoms with Gasteiger partial charge in [0.15, 0.2) is 0 Å². The molecule has 220 valence electrons. The summed E-state index contributed by atoms with van der Waals surface area (Å²) in [6, 6.07) is -1.52. The number of carbonyl (C=O) groups excluding carboxylic acids is 3. The molecular formula is C29H47N3O7. The van der Waals surface area contributed by atoms with Crippen LogP contribution in [0.2, 0.25) is 0 Å². The van der Waals surface area contributed by atoms with Gasteiger partial charge in [-0.15, -0.1) is 6.58 Å². The second-order valence-electron chi connectivity index (χ2n) is 11.9. The van der Waals surface area contributed by atoms with E-state index in [0.29, 0.717) is 39.3 Å². The van der Waals surface area contributed by atoms with Gasteiger partial charge in [-0.05, 0) is 32.1 Å². The minimum absolute atomic E-state index is 0.0584. The minimum Gasteiger partial charge on any atom is -0.466 e. The van der Waals surface area contributed by atoms with Gasteiger partial charge in [-0.3, -0.25) is 19.3 Å². The summed E-state index contributed by atoms with van der Waals surface area (Å²) in [7, 11) is 0. The molecule has 1 N–H and O–H groups in total. The molecule has 2 bridgehead atoms. The van der Waals surface area contributed by atoms with Crippen molar-refractivity contribution in [3.8, 4) is 0 Å². The predicted molar refractivity (Wildman–Crippen MR) is 145 cm³/mol. The van der Waals surface area contributed by atoms with Gasteiger partial charge in [-0.25, -0.2) is 0 Å². The average Bonchev–Trinajstić information content (AvgIpc) is 3.44. The Balaban J connectivity index is 1.76. The third-order valence-corrected chi connectivity index (χ3v) is 9.82. The number of aliphatic hydroxyl groups excluding tert-OH is 1. The van der Waals surface area contributed by atoms with Crippen LogP contribution < -0.4 is 0 Å². The molecule has 8 atom stereocenters. The Bertz CT molecular complexity index is 940. The molecule has 0 aromatic rings. The number of morpholine rings is 1. The molecule has 1 spiro atoms. The minimum atomic E-state index is -1.17. The predicted octanol–water partition coefficient (Wildman–Crippen LogP) is 1.31. The van der Waals surface area contributed by atoms with E-state index in [1.165, 1.54) is 0 Å². The van der Waals surface area contributed by atoms with Crippen molar-refractivity contribution in [1.82, 2.24) is 14.7 Å². The van der Waals surface area contributed by atoms with Crippen LogP contribution >= 0.6 is 0 Å². The van der Waals surface area contributed by atoms with E-state index in [1.54, 1.807) is 22.8 Å². The van der Waals surface area contributed by atoms with Crippen molar-refractivity contribution in [2.45, 2.75) is 70.7 Å². The Labute approximate surface area is 232 Å². The quantitative estimate of drug-likeness (QED) is 0.287. The molecule has 4 saturated heterocycles. The first kappa shape index (κ1) is 30.0. The van der Waals surface area contributed by atoms with Crippen LogP contribution in [0.5, 0.6) is 0 Å². The van der Waals surface area contributed by atoms with E-state index in [2.05, 4.69) is 11.5 Å². The largest absolute Gasteiger partial charge is 0.466 e. The SMILES string of the molecule is C=CCN(CCN1CCOCC1)C(=O)C1N([C@@H](CO)[C@@H](C)CC)C(=O)[C@@H]2[C@@H](C(=O)OCC)[C@]3(C)OC12CC3C. The van der Waals surface area contributed by atoms with Crippen molar-refractivity contribution in [1.29, 1.82) is 0 Å². The van der Waals surface area contributed by atoms with E-state index < -0.39 is 41.1 Å². The first-order valence-electron chi connectivity index (χ1n) is 14.6. The fourth-order valence-corrected chi connectivity index (χ4v) is 7.43. The van der Waals surface area contributed by atoms with Crippen LogP contribution in [0, 0.1) is 23.7 Å². The third-order valence-electron chi connectivity index (χ3n) is 9.82. The summed E-state index contributed by atoms with van der Waals surface area (Å²) in [5.41, 5.74) is -2.08. The van der Waals surface area contributed by atoms with Gasteiger partial charge >= 0.3 is 5.97 Å². The highest BCUT2D eigenvalue weighted by atomic mass is 16.6.